The minimum absolute atomic E-state index is 0.0305. The first-order chi connectivity index (χ1) is 12.6. The van der Waals surface area contributed by atoms with Crippen LogP contribution in [0.4, 0.5) is 5.82 Å². The van der Waals surface area contributed by atoms with E-state index in [0.717, 1.165) is 39.6 Å². The van der Waals surface area contributed by atoms with E-state index in [-0.39, 0.29) is 11.9 Å². The summed E-state index contributed by atoms with van der Waals surface area (Å²) in [5, 5.41) is 4.03. The van der Waals surface area contributed by atoms with Crippen molar-refractivity contribution in [2.75, 3.05) is 31.7 Å². The summed E-state index contributed by atoms with van der Waals surface area (Å²) in [6.45, 7) is 6.48. The van der Waals surface area contributed by atoms with Crippen LogP contribution in [-0.4, -0.2) is 48.7 Å². The lowest BCUT2D eigenvalue weighted by Gasteiger charge is -2.26. The largest absolute Gasteiger partial charge is 0.383 e. The number of methoxy groups -OCH3 is 1. The molecule has 1 N–H and O–H groups in total. The maximum Gasteiger partial charge on any atom is 0.262 e. The lowest BCUT2D eigenvalue weighted by molar-refractivity contribution is 0.0909. The van der Waals surface area contributed by atoms with E-state index in [1.807, 2.05) is 13.8 Å². The fourth-order valence-electron chi connectivity index (χ4n) is 3.55. The summed E-state index contributed by atoms with van der Waals surface area (Å²) < 4.78 is 5.11. The van der Waals surface area contributed by atoms with E-state index in [1.54, 1.807) is 13.4 Å². The first-order valence-electron chi connectivity index (χ1n) is 9.40. The summed E-state index contributed by atoms with van der Waals surface area (Å²) in [4.78, 5) is 25.7. The Morgan fingerprint density at radius 2 is 1.96 bits per heavy atom. The van der Waals surface area contributed by atoms with Gasteiger partial charge in [0.05, 0.1) is 16.9 Å². The maximum atomic E-state index is 12.7. The monoisotopic (exact) mass is 376 g/mol. The maximum absolute atomic E-state index is 12.7. The predicted octanol–water partition coefficient (Wildman–Crippen LogP) is 3.53. The number of amides is 1. The molecule has 2 aromatic heterocycles. The number of nitrogens with zero attached hydrogens (tertiary/aromatic N) is 3. The zero-order valence-electron chi connectivity index (χ0n) is 15.9. The van der Waals surface area contributed by atoms with Crippen molar-refractivity contribution in [3.8, 4) is 0 Å². The Morgan fingerprint density at radius 3 is 2.65 bits per heavy atom. The van der Waals surface area contributed by atoms with E-state index in [9.17, 15) is 4.79 Å². The van der Waals surface area contributed by atoms with E-state index in [0.29, 0.717) is 6.61 Å². The molecular formula is C19H28N4O2S. The summed E-state index contributed by atoms with van der Waals surface area (Å²) in [7, 11) is 1.64. The van der Waals surface area contributed by atoms with E-state index < -0.39 is 0 Å². The third-order valence-electron chi connectivity index (χ3n) is 4.86. The number of ether oxygens (including phenoxy) is 1. The average molecular weight is 377 g/mol. The Bertz CT molecular complexity index is 753. The summed E-state index contributed by atoms with van der Waals surface area (Å²) in [6.07, 6.45) is 7.89. The molecule has 6 nitrogen and oxygen atoms in total. The van der Waals surface area contributed by atoms with Crippen molar-refractivity contribution in [2.24, 2.45) is 0 Å². The number of hydrogen-bond acceptors (Lipinski definition) is 6. The summed E-state index contributed by atoms with van der Waals surface area (Å²) in [6, 6.07) is -0.0305. The topological polar surface area (TPSA) is 67.3 Å². The highest BCUT2D eigenvalue weighted by atomic mass is 32.1. The molecule has 7 heteroatoms. The van der Waals surface area contributed by atoms with Crippen molar-refractivity contribution in [1.29, 1.82) is 0 Å². The molecule has 0 aliphatic carbocycles. The minimum Gasteiger partial charge on any atom is -0.383 e. The first-order valence-corrected chi connectivity index (χ1v) is 10.2. The Kier molecular flexibility index (Phi) is 6.43. The van der Waals surface area contributed by atoms with Crippen LogP contribution in [0.5, 0.6) is 0 Å². The van der Waals surface area contributed by atoms with Gasteiger partial charge in [-0.05, 0) is 32.3 Å². The average Bonchev–Trinajstić information content (AvgIpc) is 2.92. The molecule has 1 aliphatic rings. The standard InChI is InChI=1S/C19H28N4O2S/c1-13(11-25-3)22-18(24)16-14(2)15-17(20-12-21-19(15)26-16)23-9-7-5-4-6-8-10-23/h12-13H,4-11H2,1-3H3,(H,22,24)/t13-/m1/s1. The molecule has 0 saturated carbocycles. The van der Waals surface area contributed by atoms with Gasteiger partial charge in [0.1, 0.15) is 17.0 Å². The van der Waals surface area contributed by atoms with Crippen molar-refractivity contribution in [3.63, 3.8) is 0 Å². The zero-order valence-corrected chi connectivity index (χ0v) is 16.7. The second-order valence-corrected chi connectivity index (χ2v) is 8.02. The predicted molar refractivity (Wildman–Crippen MR) is 106 cm³/mol. The first kappa shape index (κ1) is 19.0. The molecule has 1 aliphatic heterocycles. The molecule has 1 fully saturated rings. The molecule has 0 radical (unpaired) electrons. The molecular weight excluding hydrogens is 348 g/mol. The van der Waals surface area contributed by atoms with Gasteiger partial charge >= 0.3 is 0 Å². The van der Waals surface area contributed by atoms with Gasteiger partial charge in [0.15, 0.2) is 0 Å². The van der Waals surface area contributed by atoms with E-state index in [2.05, 4.69) is 20.2 Å². The second-order valence-electron chi connectivity index (χ2n) is 7.02. The molecule has 1 amide bonds. The molecule has 3 heterocycles. The third-order valence-corrected chi connectivity index (χ3v) is 6.06. The molecule has 3 rings (SSSR count). The minimum atomic E-state index is -0.0614. The second kappa shape index (κ2) is 8.77. The van der Waals surface area contributed by atoms with Crippen molar-refractivity contribution in [1.82, 2.24) is 15.3 Å². The quantitative estimate of drug-likeness (QED) is 0.864. The highest BCUT2D eigenvalue weighted by molar-refractivity contribution is 7.20. The van der Waals surface area contributed by atoms with Crippen LogP contribution in [0, 0.1) is 6.92 Å². The van der Waals surface area contributed by atoms with Crippen molar-refractivity contribution >= 4 is 33.3 Å². The number of aromatic nitrogens is 2. The lowest BCUT2D eigenvalue weighted by atomic mass is 10.1. The van der Waals surface area contributed by atoms with Gasteiger partial charge in [0.25, 0.3) is 5.91 Å². The molecule has 0 aromatic carbocycles. The SMILES string of the molecule is COC[C@@H](C)NC(=O)c1sc2ncnc(N3CCCCCCC3)c2c1C. The van der Waals surface area contributed by atoms with Crippen LogP contribution in [0.2, 0.25) is 0 Å². The molecule has 2 aromatic rings. The van der Waals surface area contributed by atoms with Gasteiger partial charge in [-0.3, -0.25) is 4.79 Å². The van der Waals surface area contributed by atoms with Crippen LogP contribution in [0.3, 0.4) is 0 Å². The van der Waals surface area contributed by atoms with Gasteiger partial charge < -0.3 is 15.0 Å². The molecule has 26 heavy (non-hydrogen) atoms. The number of thiophene rings is 1. The third kappa shape index (κ3) is 4.15. The normalized spacial score (nSPS) is 17.0. The van der Waals surface area contributed by atoms with Gasteiger partial charge in [-0.1, -0.05) is 19.3 Å². The number of hydrogen-bond donors (Lipinski definition) is 1. The fourth-order valence-corrected chi connectivity index (χ4v) is 4.60. The summed E-state index contributed by atoms with van der Waals surface area (Å²) >= 11 is 1.45. The van der Waals surface area contributed by atoms with E-state index in [4.69, 9.17) is 4.74 Å². The van der Waals surface area contributed by atoms with Crippen LogP contribution in [0.1, 0.15) is 54.3 Å². The van der Waals surface area contributed by atoms with Crippen LogP contribution < -0.4 is 10.2 Å². The zero-order chi connectivity index (χ0) is 18.5. The molecule has 0 bridgehead atoms. The molecule has 142 valence electrons. The lowest BCUT2D eigenvalue weighted by Crippen LogP contribution is -2.35. The Labute approximate surface area is 159 Å². The number of carbonyl (C=O) groups is 1. The van der Waals surface area contributed by atoms with Gasteiger partial charge in [-0.25, -0.2) is 9.97 Å². The smallest absolute Gasteiger partial charge is 0.262 e. The Balaban J connectivity index is 1.92. The molecule has 0 unspecified atom stereocenters. The van der Waals surface area contributed by atoms with Crippen LogP contribution in [0.25, 0.3) is 10.2 Å². The molecule has 1 atom stereocenters. The number of nitrogens with one attached hydrogen (secondary N) is 1. The van der Waals surface area contributed by atoms with Gasteiger partial charge in [0, 0.05) is 26.2 Å². The van der Waals surface area contributed by atoms with E-state index >= 15 is 0 Å². The molecule has 1 saturated heterocycles. The fraction of sp³-hybridized carbons (Fsp3) is 0.632. The highest BCUT2D eigenvalue weighted by Gasteiger charge is 2.22. The number of carbonyl (C=O) groups excluding carboxylic acids is 1. The number of anilines is 1. The number of fused-ring (bicyclic) bond motifs is 1. The van der Waals surface area contributed by atoms with Gasteiger partial charge in [-0.15, -0.1) is 11.3 Å². The van der Waals surface area contributed by atoms with Gasteiger partial charge in [0.2, 0.25) is 0 Å². The van der Waals surface area contributed by atoms with Crippen molar-refractivity contribution in [2.45, 2.75) is 52.0 Å². The summed E-state index contributed by atoms with van der Waals surface area (Å²) in [5.41, 5.74) is 0.977. The van der Waals surface area contributed by atoms with Crippen molar-refractivity contribution in [3.05, 3.63) is 16.8 Å². The number of rotatable bonds is 5. The van der Waals surface area contributed by atoms with Crippen LogP contribution in [0.15, 0.2) is 6.33 Å². The summed E-state index contributed by atoms with van der Waals surface area (Å²) in [5.74, 6) is 0.920. The molecule has 0 spiro atoms. The van der Waals surface area contributed by atoms with Crippen molar-refractivity contribution < 1.29 is 9.53 Å². The number of aryl methyl sites for hydroxylation is 1. The Hall–Kier alpha value is -1.73. The Morgan fingerprint density at radius 1 is 1.27 bits per heavy atom. The van der Waals surface area contributed by atoms with Crippen LogP contribution in [-0.2, 0) is 4.74 Å². The highest BCUT2D eigenvalue weighted by Crippen LogP contribution is 2.35. The van der Waals surface area contributed by atoms with E-state index in [1.165, 1.54) is 43.4 Å². The van der Waals surface area contributed by atoms with Crippen LogP contribution >= 0.6 is 11.3 Å². The van der Waals surface area contributed by atoms with Gasteiger partial charge in [-0.2, -0.15) is 0 Å².